The summed E-state index contributed by atoms with van der Waals surface area (Å²) in [6.07, 6.45) is 2.52. The van der Waals surface area contributed by atoms with Crippen molar-refractivity contribution in [3.05, 3.63) is 21.6 Å². The van der Waals surface area contributed by atoms with Crippen LogP contribution in [0.1, 0.15) is 24.1 Å². The van der Waals surface area contributed by atoms with E-state index >= 15 is 0 Å². The molecule has 0 unspecified atom stereocenters. The molecule has 7 nitrogen and oxygen atoms in total. The van der Waals surface area contributed by atoms with E-state index in [4.69, 9.17) is 0 Å². The third-order valence-corrected chi connectivity index (χ3v) is 5.20. The number of likely N-dealkylation sites (N-methyl/N-ethyl adjacent to an activating group) is 1. The minimum Gasteiger partial charge on any atom is -0.355 e. The van der Waals surface area contributed by atoms with Crippen LogP contribution < -0.4 is 10.9 Å². The fourth-order valence-electron chi connectivity index (χ4n) is 3.24. The Morgan fingerprint density at radius 1 is 1.22 bits per heavy atom. The first-order valence-electron chi connectivity index (χ1n) is 8.41. The van der Waals surface area contributed by atoms with Crippen molar-refractivity contribution in [3.8, 4) is 0 Å². The average molecular weight is 321 g/mol. The maximum absolute atomic E-state index is 12.1. The van der Waals surface area contributed by atoms with Crippen LogP contribution >= 0.6 is 0 Å². The normalized spacial score (nSPS) is 21.3. The predicted molar refractivity (Wildman–Crippen MR) is 88.5 cm³/mol. The summed E-state index contributed by atoms with van der Waals surface area (Å²) in [5.74, 6) is -0.0668. The highest BCUT2D eigenvalue weighted by Gasteiger charge is 2.44. The first-order valence-corrected chi connectivity index (χ1v) is 8.41. The summed E-state index contributed by atoms with van der Waals surface area (Å²) in [5.41, 5.74) is 1.33. The number of rotatable bonds is 6. The van der Waals surface area contributed by atoms with E-state index in [1.54, 1.807) is 6.92 Å². The fourth-order valence-corrected chi connectivity index (χ4v) is 3.24. The van der Waals surface area contributed by atoms with Crippen LogP contribution in [0.15, 0.2) is 4.79 Å². The molecule has 1 aliphatic heterocycles. The molecule has 1 saturated carbocycles. The van der Waals surface area contributed by atoms with Crippen molar-refractivity contribution in [1.82, 2.24) is 25.3 Å². The molecule has 0 radical (unpaired) electrons. The molecule has 1 aliphatic carbocycles. The zero-order valence-electron chi connectivity index (χ0n) is 14.1. The zero-order valence-corrected chi connectivity index (χ0v) is 14.1. The Kier molecular flexibility index (Phi) is 4.59. The number of carbonyl (C=O) groups excluding carboxylic acids is 1. The first kappa shape index (κ1) is 16.3. The molecule has 0 bridgehead atoms. The molecule has 128 valence electrons. The molecule has 2 fully saturated rings. The molecule has 2 heterocycles. The molecule has 0 atom stereocenters. The molecule has 1 aromatic heterocycles. The Hall–Kier alpha value is -1.60. The van der Waals surface area contributed by atoms with Crippen LogP contribution in [0.4, 0.5) is 0 Å². The third-order valence-electron chi connectivity index (χ3n) is 5.20. The smallest absolute Gasteiger partial charge is 0.267 e. The average Bonchev–Trinajstić information content (AvgIpc) is 3.23. The second-order valence-corrected chi connectivity index (χ2v) is 7.22. The lowest BCUT2D eigenvalue weighted by molar-refractivity contribution is -0.120. The minimum atomic E-state index is -0.198. The molecular formula is C16H27N5O2. The topological polar surface area (TPSA) is 84.2 Å². The van der Waals surface area contributed by atoms with E-state index in [-0.39, 0.29) is 23.3 Å². The number of H-pyrrole nitrogens is 2. The highest BCUT2D eigenvalue weighted by atomic mass is 16.2. The summed E-state index contributed by atoms with van der Waals surface area (Å²) >= 11 is 0. The first-order chi connectivity index (χ1) is 11.0. The summed E-state index contributed by atoms with van der Waals surface area (Å²) in [4.78, 5) is 28.6. The van der Waals surface area contributed by atoms with Gasteiger partial charge in [-0.1, -0.05) is 0 Å². The molecule has 1 saturated heterocycles. The lowest BCUT2D eigenvalue weighted by Crippen LogP contribution is -2.48. The third kappa shape index (κ3) is 4.03. The van der Waals surface area contributed by atoms with Crippen LogP contribution in [0.3, 0.4) is 0 Å². The molecule has 23 heavy (non-hydrogen) atoms. The van der Waals surface area contributed by atoms with E-state index in [0.29, 0.717) is 5.56 Å². The van der Waals surface area contributed by atoms with E-state index in [2.05, 4.69) is 32.4 Å². The molecule has 2 aliphatic rings. The molecular weight excluding hydrogens is 294 g/mol. The van der Waals surface area contributed by atoms with Crippen molar-refractivity contribution in [3.63, 3.8) is 0 Å². The standard InChI is InChI=1S/C16H27N5O2/c1-12-13(15(23)19-18-12)9-14(22)17-10-16(3-4-16)11-21-7-5-20(2)6-8-21/h3-11H2,1-2H3,(H,17,22)(H2,18,19,23). The lowest BCUT2D eigenvalue weighted by atomic mass is 10.1. The van der Waals surface area contributed by atoms with Gasteiger partial charge in [0.2, 0.25) is 5.91 Å². The number of hydrogen-bond donors (Lipinski definition) is 3. The summed E-state index contributed by atoms with van der Waals surface area (Å²) in [7, 11) is 2.16. The maximum atomic E-state index is 12.1. The van der Waals surface area contributed by atoms with Crippen molar-refractivity contribution < 1.29 is 4.79 Å². The Morgan fingerprint density at radius 2 is 1.91 bits per heavy atom. The molecule has 0 aromatic carbocycles. The van der Waals surface area contributed by atoms with Gasteiger partial charge >= 0.3 is 0 Å². The maximum Gasteiger partial charge on any atom is 0.267 e. The van der Waals surface area contributed by atoms with Gasteiger partial charge in [-0.25, -0.2) is 0 Å². The fraction of sp³-hybridized carbons (Fsp3) is 0.750. The van der Waals surface area contributed by atoms with E-state index in [9.17, 15) is 9.59 Å². The number of nitrogens with one attached hydrogen (secondary N) is 3. The Bertz CT molecular complexity index is 608. The van der Waals surface area contributed by atoms with Gasteiger partial charge < -0.3 is 20.2 Å². The Labute approximate surface area is 136 Å². The highest BCUT2D eigenvalue weighted by molar-refractivity contribution is 5.78. The number of aryl methyl sites for hydroxylation is 1. The number of carbonyl (C=O) groups is 1. The van der Waals surface area contributed by atoms with Gasteiger partial charge in [-0.05, 0) is 26.8 Å². The van der Waals surface area contributed by atoms with E-state index in [1.165, 1.54) is 12.8 Å². The summed E-state index contributed by atoms with van der Waals surface area (Å²) < 4.78 is 0. The molecule has 3 rings (SSSR count). The Morgan fingerprint density at radius 3 is 2.48 bits per heavy atom. The van der Waals surface area contributed by atoms with Crippen LogP contribution in [0.5, 0.6) is 0 Å². The molecule has 7 heteroatoms. The van der Waals surface area contributed by atoms with Gasteiger partial charge in [0.25, 0.3) is 5.56 Å². The van der Waals surface area contributed by atoms with Gasteiger partial charge in [0, 0.05) is 55.9 Å². The predicted octanol–water partition coefficient (Wildman–Crippen LogP) is -0.302. The van der Waals surface area contributed by atoms with Crippen LogP contribution in [-0.4, -0.2) is 72.2 Å². The number of amides is 1. The van der Waals surface area contributed by atoms with Gasteiger partial charge in [0.15, 0.2) is 0 Å². The van der Waals surface area contributed by atoms with Gasteiger partial charge in [0.1, 0.15) is 0 Å². The van der Waals surface area contributed by atoms with Crippen LogP contribution in [0, 0.1) is 12.3 Å². The number of hydrogen-bond acceptors (Lipinski definition) is 4. The summed E-state index contributed by atoms with van der Waals surface area (Å²) in [5, 5.41) is 8.30. The van der Waals surface area contributed by atoms with E-state index < -0.39 is 0 Å². The van der Waals surface area contributed by atoms with Gasteiger partial charge in [0.05, 0.1) is 6.42 Å². The lowest BCUT2D eigenvalue weighted by Gasteiger charge is -2.34. The van der Waals surface area contributed by atoms with Crippen LogP contribution in [0.25, 0.3) is 0 Å². The minimum absolute atomic E-state index is 0.0668. The van der Waals surface area contributed by atoms with Crippen LogP contribution in [-0.2, 0) is 11.2 Å². The van der Waals surface area contributed by atoms with Crippen molar-refractivity contribution in [2.75, 3.05) is 46.3 Å². The quantitative estimate of drug-likeness (QED) is 0.671. The van der Waals surface area contributed by atoms with E-state index in [0.717, 1.165) is 45.0 Å². The molecule has 3 N–H and O–H groups in total. The largest absolute Gasteiger partial charge is 0.355 e. The number of aromatic nitrogens is 2. The highest BCUT2D eigenvalue weighted by Crippen LogP contribution is 2.45. The summed E-state index contributed by atoms with van der Waals surface area (Å²) in [6, 6.07) is 0. The monoisotopic (exact) mass is 321 g/mol. The second-order valence-electron chi connectivity index (χ2n) is 7.22. The Balaban J connectivity index is 1.46. The SMILES string of the molecule is Cc1[nH][nH]c(=O)c1CC(=O)NCC1(CN2CCN(C)CC2)CC1. The van der Waals surface area contributed by atoms with Gasteiger partial charge in [-0.3, -0.25) is 14.7 Å². The molecule has 0 spiro atoms. The number of aromatic amines is 2. The van der Waals surface area contributed by atoms with Crippen molar-refractivity contribution >= 4 is 5.91 Å². The summed E-state index contributed by atoms with van der Waals surface area (Å²) in [6.45, 7) is 8.07. The van der Waals surface area contributed by atoms with Gasteiger partial charge in [-0.2, -0.15) is 0 Å². The molecule has 1 aromatic rings. The molecule has 1 amide bonds. The zero-order chi connectivity index (χ0) is 16.4. The van der Waals surface area contributed by atoms with Crippen molar-refractivity contribution in [2.45, 2.75) is 26.2 Å². The second kappa shape index (κ2) is 6.49. The van der Waals surface area contributed by atoms with Crippen molar-refractivity contribution in [1.29, 1.82) is 0 Å². The van der Waals surface area contributed by atoms with Gasteiger partial charge in [-0.15, -0.1) is 0 Å². The van der Waals surface area contributed by atoms with E-state index in [1.807, 2.05) is 0 Å². The number of piperazine rings is 1. The number of nitrogens with zero attached hydrogens (tertiary/aromatic N) is 2. The van der Waals surface area contributed by atoms with Crippen LogP contribution in [0.2, 0.25) is 0 Å². The van der Waals surface area contributed by atoms with Crippen molar-refractivity contribution in [2.24, 2.45) is 5.41 Å².